The second-order valence-electron chi connectivity index (χ2n) is 11.9. The molecule has 0 saturated carbocycles. The number of halogens is 1. The van der Waals surface area contributed by atoms with Crippen molar-refractivity contribution >= 4 is 56.5 Å². The molecule has 8 nitrogen and oxygen atoms in total. The van der Waals surface area contributed by atoms with E-state index in [4.69, 9.17) is 9.47 Å². The number of aromatic nitrogens is 2. The Morgan fingerprint density at radius 2 is 1.81 bits per heavy atom. The minimum Gasteiger partial charge on any atom is -0.507 e. The summed E-state index contributed by atoms with van der Waals surface area (Å²) in [6, 6.07) is 22.4. The van der Waals surface area contributed by atoms with Crippen LogP contribution in [0.2, 0.25) is 0 Å². The van der Waals surface area contributed by atoms with Gasteiger partial charge in [0.25, 0.3) is 5.78 Å². The lowest BCUT2D eigenvalue weighted by Crippen LogP contribution is -2.29. The van der Waals surface area contributed by atoms with Crippen LogP contribution in [0.1, 0.15) is 48.6 Å². The van der Waals surface area contributed by atoms with Crippen molar-refractivity contribution in [2.75, 3.05) is 18.6 Å². The van der Waals surface area contributed by atoms with Crippen LogP contribution < -0.4 is 14.4 Å². The Bertz CT molecular complexity index is 2040. The van der Waals surface area contributed by atoms with Crippen molar-refractivity contribution in [3.8, 4) is 11.5 Å². The average molecular weight is 684 g/mol. The molecule has 1 fully saturated rings. The number of carbonyl (C=O) groups is 2. The molecule has 1 saturated heterocycles. The minimum atomic E-state index is -1.10. The van der Waals surface area contributed by atoms with Gasteiger partial charge in [-0.05, 0) is 64.9 Å². The quantitative estimate of drug-likeness (QED) is 0.0486. The maximum atomic E-state index is 14.6. The largest absolute Gasteiger partial charge is 0.507 e. The summed E-state index contributed by atoms with van der Waals surface area (Å²) in [5, 5.41) is 22.6. The molecule has 6 rings (SSSR count). The summed E-state index contributed by atoms with van der Waals surface area (Å²) in [6.07, 6.45) is 0.843. The number of rotatable bonds is 11. The molecule has 1 aliphatic heterocycles. The smallest absolute Gasteiger partial charge is 0.301 e. The number of Topliss-reactive ketones (excluding diaryl/α,β-unsaturated/α-hetero) is 1. The summed E-state index contributed by atoms with van der Waals surface area (Å²) in [5.74, 6) is -0.885. The average Bonchev–Trinajstić information content (AvgIpc) is 3.66. The molecule has 1 N–H and O–H groups in total. The Balaban J connectivity index is 1.39. The molecule has 2 heterocycles. The molecule has 48 heavy (non-hydrogen) atoms. The number of aliphatic hydroxyl groups excluding tert-OH is 1. The molecule has 11 heteroatoms. The van der Waals surface area contributed by atoms with Gasteiger partial charge < -0.3 is 14.6 Å². The van der Waals surface area contributed by atoms with Gasteiger partial charge in [0.05, 0.1) is 25.3 Å². The zero-order valence-corrected chi connectivity index (χ0v) is 28.5. The number of benzene rings is 4. The number of methoxy groups -OCH3 is 1. The van der Waals surface area contributed by atoms with Gasteiger partial charge in [-0.25, -0.2) is 4.39 Å². The summed E-state index contributed by atoms with van der Waals surface area (Å²) in [5.41, 5.74) is 1.85. The number of ketones is 1. The Kier molecular flexibility index (Phi) is 9.79. The number of nitrogens with zero attached hydrogens (tertiary/aromatic N) is 3. The van der Waals surface area contributed by atoms with Gasteiger partial charge in [0, 0.05) is 11.3 Å². The fourth-order valence-corrected chi connectivity index (χ4v) is 7.41. The van der Waals surface area contributed by atoms with E-state index in [1.54, 1.807) is 25.1 Å². The molecule has 5 aromatic rings. The number of aliphatic hydroxyl groups is 1. The number of carbonyl (C=O) groups excluding carboxylic acids is 2. The molecular weight excluding hydrogens is 650 g/mol. The van der Waals surface area contributed by atoms with Crippen LogP contribution in [0.3, 0.4) is 0 Å². The van der Waals surface area contributed by atoms with Crippen LogP contribution in [0.25, 0.3) is 16.5 Å². The number of aryl methyl sites for hydroxylation is 1. The van der Waals surface area contributed by atoms with Gasteiger partial charge in [-0.3, -0.25) is 14.5 Å². The van der Waals surface area contributed by atoms with Crippen LogP contribution in [-0.4, -0.2) is 40.7 Å². The van der Waals surface area contributed by atoms with E-state index in [1.807, 2.05) is 18.2 Å². The Morgan fingerprint density at radius 3 is 2.58 bits per heavy atom. The fraction of sp³-hybridized carbons (Fsp3) is 0.243. The first-order valence-corrected chi connectivity index (χ1v) is 17.3. The summed E-state index contributed by atoms with van der Waals surface area (Å²) in [6.45, 7) is 6.29. The van der Waals surface area contributed by atoms with Crippen LogP contribution in [0.4, 0.5) is 9.52 Å². The second-order valence-corrected chi connectivity index (χ2v) is 14.0. The van der Waals surface area contributed by atoms with Crippen LogP contribution in [0, 0.1) is 18.7 Å². The van der Waals surface area contributed by atoms with Crippen LogP contribution in [0.5, 0.6) is 11.5 Å². The molecule has 0 radical (unpaired) electrons. The normalized spacial score (nSPS) is 15.9. The van der Waals surface area contributed by atoms with Gasteiger partial charge in [0.15, 0.2) is 15.8 Å². The number of fused-ring (bicyclic) bond motifs is 1. The second kappa shape index (κ2) is 14.2. The predicted octanol–water partition coefficient (Wildman–Crippen LogP) is 8.49. The van der Waals surface area contributed by atoms with Crippen LogP contribution >= 0.6 is 23.1 Å². The van der Waals surface area contributed by atoms with Crippen molar-refractivity contribution in [1.82, 2.24) is 10.2 Å². The number of anilines is 1. The van der Waals surface area contributed by atoms with E-state index >= 15 is 0 Å². The van der Waals surface area contributed by atoms with Gasteiger partial charge in [-0.1, -0.05) is 97.6 Å². The van der Waals surface area contributed by atoms with Gasteiger partial charge in [0.1, 0.15) is 11.6 Å². The van der Waals surface area contributed by atoms with Crippen molar-refractivity contribution in [1.29, 1.82) is 0 Å². The maximum Gasteiger partial charge on any atom is 0.301 e. The highest BCUT2D eigenvalue weighted by Gasteiger charge is 2.48. The topological polar surface area (TPSA) is 102 Å². The molecule has 1 amide bonds. The maximum absolute atomic E-state index is 14.6. The predicted molar refractivity (Wildman–Crippen MR) is 187 cm³/mol. The third kappa shape index (κ3) is 6.65. The van der Waals surface area contributed by atoms with E-state index in [0.29, 0.717) is 45.2 Å². The highest BCUT2D eigenvalue weighted by molar-refractivity contribution is 8.00. The third-order valence-corrected chi connectivity index (χ3v) is 10.3. The Morgan fingerprint density at radius 1 is 1.02 bits per heavy atom. The van der Waals surface area contributed by atoms with Gasteiger partial charge in [-0.15, -0.1) is 10.2 Å². The molecule has 0 aliphatic carbocycles. The minimum absolute atomic E-state index is 0.0744. The van der Waals surface area contributed by atoms with Crippen molar-refractivity contribution in [2.24, 2.45) is 5.92 Å². The van der Waals surface area contributed by atoms with Crippen molar-refractivity contribution in [3.63, 3.8) is 0 Å². The molecule has 1 aromatic heterocycles. The van der Waals surface area contributed by atoms with Gasteiger partial charge >= 0.3 is 5.91 Å². The van der Waals surface area contributed by atoms with Crippen LogP contribution in [-0.2, 0) is 15.3 Å². The van der Waals surface area contributed by atoms with E-state index < -0.39 is 29.3 Å². The van der Waals surface area contributed by atoms with E-state index in [1.165, 1.54) is 47.2 Å². The highest BCUT2D eigenvalue weighted by atomic mass is 32.2. The molecule has 246 valence electrons. The van der Waals surface area contributed by atoms with Gasteiger partial charge in [0.2, 0.25) is 5.13 Å². The standard InChI is InChI=1S/C37H34FN3O5S2/c1-21(2)16-17-46-29-15-14-24(19-30(29)45-4)32-31(33(42)25-13-12-22(3)28(38)18-25)34(43)35(44)41(32)36-39-40-37(48-36)47-20-26-10-7-9-23-8-5-6-11-27(23)26/h5-15,18-19,21,32,42H,16-17,20H2,1-4H3/b33-31-. The Labute approximate surface area is 286 Å². The highest BCUT2D eigenvalue weighted by Crippen LogP contribution is 2.46. The van der Waals surface area contributed by atoms with E-state index in [0.717, 1.165) is 28.8 Å². The summed E-state index contributed by atoms with van der Waals surface area (Å²) < 4.78 is 26.8. The number of hydrogen-bond donors (Lipinski definition) is 1. The monoisotopic (exact) mass is 683 g/mol. The lowest BCUT2D eigenvalue weighted by Gasteiger charge is -2.23. The number of hydrogen-bond acceptors (Lipinski definition) is 9. The first kappa shape index (κ1) is 33.2. The number of thioether (sulfide) groups is 1. The Hall–Kier alpha value is -4.74. The molecule has 1 atom stereocenters. The van der Waals surface area contributed by atoms with E-state index in [-0.39, 0.29) is 16.3 Å². The molecule has 0 bridgehead atoms. The van der Waals surface area contributed by atoms with Crippen molar-refractivity contribution in [2.45, 2.75) is 43.3 Å². The lowest BCUT2D eigenvalue weighted by molar-refractivity contribution is -0.132. The molecule has 1 aliphatic rings. The summed E-state index contributed by atoms with van der Waals surface area (Å²) in [7, 11) is 1.50. The first-order chi connectivity index (χ1) is 23.2. The summed E-state index contributed by atoms with van der Waals surface area (Å²) in [4.78, 5) is 28.7. The van der Waals surface area contributed by atoms with Crippen molar-refractivity contribution in [3.05, 3.63) is 113 Å². The number of ether oxygens (including phenoxy) is 2. The fourth-order valence-electron chi connectivity index (χ4n) is 5.54. The zero-order valence-electron chi connectivity index (χ0n) is 26.9. The molecular formula is C37H34FN3O5S2. The zero-order chi connectivity index (χ0) is 33.9. The number of amides is 1. The lowest BCUT2D eigenvalue weighted by atomic mass is 9.94. The first-order valence-electron chi connectivity index (χ1n) is 15.5. The molecule has 1 unspecified atom stereocenters. The molecule has 4 aromatic carbocycles. The van der Waals surface area contributed by atoms with Crippen molar-refractivity contribution < 1.29 is 28.6 Å². The SMILES string of the molecule is COc1cc(C2/C(=C(/O)c3ccc(C)c(F)c3)C(=O)C(=O)N2c2nnc(SCc3cccc4ccccc34)s2)ccc1OCCC(C)C. The molecule has 0 spiro atoms. The van der Waals surface area contributed by atoms with Gasteiger partial charge in [-0.2, -0.15) is 0 Å². The van der Waals surface area contributed by atoms with E-state index in [2.05, 4.69) is 48.3 Å². The van der Waals surface area contributed by atoms with Crippen LogP contribution in [0.15, 0.2) is 88.8 Å². The van der Waals surface area contributed by atoms with E-state index in [9.17, 15) is 19.1 Å². The third-order valence-electron chi connectivity index (χ3n) is 8.18. The summed E-state index contributed by atoms with van der Waals surface area (Å²) >= 11 is 2.65.